The van der Waals surface area contributed by atoms with Crippen LogP contribution in [0.15, 0.2) is 54.7 Å². The van der Waals surface area contributed by atoms with Crippen LogP contribution in [0.25, 0.3) is 0 Å². The molecule has 1 aliphatic heterocycles. The number of hydrogen-bond acceptors (Lipinski definition) is 3. The van der Waals surface area contributed by atoms with Crippen molar-refractivity contribution in [1.29, 1.82) is 0 Å². The highest BCUT2D eigenvalue weighted by molar-refractivity contribution is 7.80. The van der Waals surface area contributed by atoms with Crippen molar-refractivity contribution in [2.45, 2.75) is 44.8 Å². The zero-order valence-corrected chi connectivity index (χ0v) is 19.4. The molecule has 2 fully saturated rings. The van der Waals surface area contributed by atoms with Gasteiger partial charge < -0.3 is 19.7 Å². The molecule has 0 spiro atoms. The molecule has 5 rings (SSSR count). The molecule has 2 aliphatic rings. The van der Waals surface area contributed by atoms with Crippen molar-refractivity contribution >= 4 is 28.7 Å². The average Bonchev–Trinajstić information content (AvgIpc) is 3.48. The van der Waals surface area contributed by atoms with E-state index in [0.717, 1.165) is 16.5 Å². The van der Waals surface area contributed by atoms with Crippen LogP contribution in [0.4, 0.5) is 11.4 Å². The predicted octanol–water partition coefficient (Wildman–Crippen LogP) is 5.08. The van der Waals surface area contributed by atoms with Crippen molar-refractivity contribution in [3.63, 3.8) is 0 Å². The van der Waals surface area contributed by atoms with Gasteiger partial charge in [0.2, 0.25) is 0 Å². The van der Waals surface area contributed by atoms with E-state index in [1.165, 1.54) is 35.5 Å². The van der Waals surface area contributed by atoms with E-state index >= 15 is 0 Å². The van der Waals surface area contributed by atoms with Gasteiger partial charge in [-0.15, -0.1) is 0 Å². The standard InChI is InChI=1S/C25H29N5S/c1-16-15-21(17(2)29(16)19-12-13-19)24-23(22-7-5-6-14-26-22)27-25(31)30(24)20-10-8-18(9-11-20)28(3)4/h5-11,14-15,19,23-24H,12-13H2,1-4H3,(H,27,31)/t23-,24-/m1/s1. The molecule has 160 valence electrons. The molecular weight excluding hydrogens is 402 g/mol. The highest BCUT2D eigenvalue weighted by atomic mass is 32.1. The third kappa shape index (κ3) is 3.49. The maximum Gasteiger partial charge on any atom is 0.174 e. The van der Waals surface area contributed by atoms with E-state index in [1.807, 2.05) is 18.3 Å². The number of rotatable bonds is 5. The zero-order chi connectivity index (χ0) is 21.7. The van der Waals surface area contributed by atoms with Crippen LogP contribution in [0.5, 0.6) is 0 Å². The number of pyridine rings is 1. The lowest BCUT2D eigenvalue weighted by Gasteiger charge is -2.28. The zero-order valence-electron chi connectivity index (χ0n) is 18.5. The summed E-state index contributed by atoms with van der Waals surface area (Å²) in [5, 5.41) is 4.33. The second-order valence-corrected chi connectivity index (χ2v) is 9.22. The summed E-state index contributed by atoms with van der Waals surface area (Å²) in [6.07, 6.45) is 4.41. The van der Waals surface area contributed by atoms with E-state index in [0.29, 0.717) is 6.04 Å². The molecule has 0 unspecified atom stereocenters. The molecule has 3 heterocycles. The Morgan fingerprint density at radius 3 is 2.42 bits per heavy atom. The second kappa shape index (κ2) is 7.68. The van der Waals surface area contributed by atoms with Crippen molar-refractivity contribution in [3.05, 3.63) is 77.4 Å². The summed E-state index contributed by atoms with van der Waals surface area (Å²) in [4.78, 5) is 9.06. The number of thiocarbonyl (C=S) groups is 1. The Labute approximate surface area is 189 Å². The summed E-state index contributed by atoms with van der Waals surface area (Å²) in [5.41, 5.74) is 7.28. The molecule has 6 heteroatoms. The van der Waals surface area contributed by atoms with Crippen LogP contribution in [0.1, 0.15) is 53.6 Å². The molecule has 2 aromatic heterocycles. The fourth-order valence-electron chi connectivity index (χ4n) is 4.86. The Morgan fingerprint density at radius 2 is 1.81 bits per heavy atom. The number of nitrogens with zero attached hydrogens (tertiary/aromatic N) is 4. The number of aryl methyl sites for hydroxylation is 1. The average molecular weight is 432 g/mol. The van der Waals surface area contributed by atoms with Gasteiger partial charge in [-0.1, -0.05) is 6.07 Å². The molecule has 31 heavy (non-hydrogen) atoms. The first-order valence-corrected chi connectivity index (χ1v) is 11.3. The van der Waals surface area contributed by atoms with Crippen LogP contribution in [0.3, 0.4) is 0 Å². The molecule has 1 aliphatic carbocycles. The van der Waals surface area contributed by atoms with E-state index < -0.39 is 0 Å². The summed E-state index contributed by atoms with van der Waals surface area (Å²) in [5.74, 6) is 0. The van der Waals surface area contributed by atoms with E-state index in [2.05, 4.69) is 89.0 Å². The molecular formula is C25H29N5S. The number of hydrogen-bond donors (Lipinski definition) is 1. The summed E-state index contributed by atoms with van der Waals surface area (Å²) >= 11 is 5.88. The molecule has 0 radical (unpaired) electrons. The van der Waals surface area contributed by atoms with Gasteiger partial charge in [0, 0.05) is 49.1 Å². The fraction of sp³-hybridized carbons (Fsp3) is 0.360. The lowest BCUT2D eigenvalue weighted by Crippen LogP contribution is -2.29. The first kappa shape index (κ1) is 20.1. The summed E-state index contributed by atoms with van der Waals surface area (Å²) < 4.78 is 2.51. The topological polar surface area (TPSA) is 36.3 Å². The maximum absolute atomic E-state index is 5.88. The van der Waals surface area contributed by atoms with Gasteiger partial charge in [0.15, 0.2) is 5.11 Å². The van der Waals surface area contributed by atoms with Crippen molar-refractivity contribution in [2.24, 2.45) is 0 Å². The van der Waals surface area contributed by atoms with Crippen LogP contribution in [-0.4, -0.2) is 28.8 Å². The van der Waals surface area contributed by atoms with Gasteiger partial charge in [0.25, 0.3) is 0 Å². The molecule has 0 bridgehead atoms. The molecule has 1 saturated heterocycles. The first-order valence-electron chi connectivity index (χ1n) is 10.9. The monoisotopic (exact) mass is 431 g/mol. The number of aromatic nitrogens is 2. The Hall–Kier alpha value is -2.86. The van der Waals surface area contributed by atoms with Gasteiger partial charge in [-0.05, 0) is 86.9 Å². The second-order valence-electron chi connectivity index (χ2n) is 8.84. The molecule has 1 N–H and O–H groups in total. The summed E-state index contributed by atoms with van der Waals surface area (Å²) in [7, 11) is 4.12. The predicted molar refractivity (Wildman–Crippen MR) is 131 cm³/mol. The quantitative estimate of drug-likeness (QED) is 0.570. The Bertz CT molecular complexity index is 1100. The lowest BCUT2D eigenvalue weighted by molar-refractivity contribution is 0.562. The SMILES string of the molecule is Cc1cc([C@@H]2[C@@H](c3ccccn3)NC(=S)N2c2ccc(N(C)C)cc2)c(C)n1C1CC1. The van der Waals surface area contributed by atoms with Crippen LogP contribution in [0, 0.1) is 13.8 Å². The minimum atomic E-state index is -0.00428. The lowest BCUT2D eigenvalue weighted by atomic mass is 9.96. The summed E-state index contributed by atoms with van der Waals surface area (Å²) in [6, 6.07) is 17.8. The van der Waals surface area contributed by atoms with Gasteiger partial charge >= 0.3 is 0 Å². The van der Waals surface area contributed by atoms with Crippen LogP contribution in [0.2, 0.25) is 0 Å². The van der Waals surface area contributed by atoms with Crippen LogP contribution < -0.4 is 15.1 Å². The van der Waals surface area contributed by atoms with Gasteiger partial charge in [-0.25, -0.2) is 0 Å². The van der Waals surface area contributed by atoms with Crippen LogP contribution >= 0.6 is 12.2 Å². The fourth-order valence-corrected chi connectivity index (χ4v) is 5.20. The summed E-state index contributed by atoms with van der Waals surface area (Å²) in [6.45, 7) is 4.48. The minimum absolute atomic E-state index is 0.00428. The molecule has 1 saturated carbocycles. The Morgan fingerprint density at radius 1 is 1.06 bits per heavy atom. The smallest absolute Gasteiger partial charge is 0.174 e. The van der Waals surface area contributed by atoms with Crippen molar-refractivity contribution in [1.82, 2.24) is 14.9 Å². The first-order chi connectivity index (χ1) is 15.0. The highest BCUT2D eigenvalue weighted by Gasteiger charge is 2.42. The van der Waals surface area contributed by atoms with Gasteiger partial charge in [0.05, 0.1) is 17.8 Å². The van der Waals surface area contributed by atoms with E-state index in [-0.39, 0.29) is 12.1 Å². The normalized spacial score (nSPS) is 20.8. The van der Waals surface area contributed by atoms with E-state index in [9.17, 15) is 0 Å². The number of benzene rings is 1. The molecule has 5 nitrogen and oxygen atoms in total. The molecule has 3 aromatic rings. The third-order valence-corrected chi connectivity index (χ3v) is 6.81. The van der Waals surface area contributed by atoms with Gasteiger partial charge in [-0.3, -0.25) is 4.98 Å². The Kier molecular flexibility index (Phi) is 4.97. The highest BCUT2D eigenvalue weighted by Crippen LogP contribution is 2.46. The minimum Gasteiger partial charge on any atom is -0.378 e. The van der Waals surface area contributed by atoms with Crippen LogP contribution in [-0.2, 0) is 0 Å². The molecule has 0 amide bonds. The van der Waals surface area contributed by atoms with Gasteiger partial charge in [0.1, 0.15) is 0 Å². The number of nitrogens with one attached hydrogen (secondary N) is 1. The van der Waals surface area contributed by atoms with Crippen molar-refractivity contribution < 1.29 is 0 Å². The largest absolute Gasteiger partial charge is 0.378 e. The molecule has 1 aromatic carbocycles. The third-order valence-electron chi connectivity index (χ3n) is 6.50. The van der Waals surface area contributed by atoms with E-state index in [1.54, 1.807) is 0 Å². The van der Waals surface area contributed by atoms with Crippen molar-refractivity contribution in [3.8, 4) is 0 Å². The van der Waals surface area contributed by atoms with Gasteiger partial charge in [-0.2, -0.15) is 0 Å². The van der Waals surface area contributed by atoms with E-state index in [4.69, 9.17) is 12.2 Å². The van der Waals surface area contributed by atoms with Crippen molar-refractivity contribution in [2.75, 3.05) is 23.9 Å². The molecule has 2 atom stereocenters. The Balaban J connectivity index is 1.62. The maximum atomic E-state index is 5.88. The number of anilines is 2.